The van der Waals surface area contributed by atoms with Crippen LogP contribution in [-0.2, 0) is 4.79 Å². The Morgan fingerprint density at radius 3 is 2.32 bits per heavy atom. The maximum absolute atomic E-state index is 12.9. The van der Waals surface area contributed by atoms with Gasteiger partial charge in [-0.3, -0.25) is 9.69 Å². The van der Waals surface area contributed by atoms with Crippen LogP contribution in [0.2, 0.25) is 0 Å². The fraction of sp³-hybridized carbons (Fsp3) is 0.636. The van der Waals surface area contributed by atoms with Crippen molar-refractivity contribution in [1.82, 2.24) is 15.1 Å². The van der Waals surface area contributed by atoms with Crippen molar-refractivity contribution >= 4 is 12.0 Å². The van der Waals surface area contributed by atoms with Gasteiger partial charge in [0.05, 0.1) is 12.6 Å². The third-order valence-corrected chi connectivity index (χ3v) is 5.33. The van der Waals surface area contributed by atoms with E-state index in [9.17, 15) is 9.59 Å². The van der Waals surface area contributed by atoms with Crippen LogP contribution in [-0.4, -0.2) is 59.1 Å². The van der Waals surface area contributed by atoms with Crippen LogP contribution in [0.4, 0.5) is 4.79 Å². The van der Waals surface area contributed by atoms with Crippen LogP contribution < -0.4 is 5.32 Å². The molecule has 0 bridgehead atoms. The minimum atomic E-state index is -0.796. The van der Waals surface area contributed by atoms with Crippen molar-refractivity contribution in [2.24, 2.45) is 5.41 Å². The number of urea groups is 1. The summed E-state index contributed by atoms with van der Waals surface area (Å²) in [6, 6.07) is 10.3. The number of amides is 2. The number of likely N-dealkylation sites (tertiary alicyclic amines) is 1. The van der Waals surface area contributed by atoms with Gasteiger partial charge in [0.2, 0.25) is 0 Å². The molecule has 1 atom stereocenters. The van der Waals surface area contributed by atoms with Gasteiger partial charge in [0.25, 0.3) is 0 Å². The third-order valence-electron chi connectivity index (χ3n) is 5.33. The number of nitrogens with zero attached hydrogens (tertiary/aromatic N) is 2. The summed E-state index contributed by atoms with van der Waals surface area (Å²) in [7, 11) is 0. The van der Waals surface area contributed by atoms with E-state index in [1.54, 1.807) is 0 Å². The molecule has 0 spiro atoms. The fourth-order valence-corrected chi connectivity index (χ4v) is 3.90. The van der Waals surface area contributed by atoms with Crippen LogP contribution in [0.15, 0.2) is 30.3 Å². The molecule has 1 aliphatic heterocycles. The molecule has 2 rings (SSSR count). The normalized spacial score (nSPS) is 16.8. The maximum Gasteiger partial charge on any atom is 0.317 e. The molecule has 0 saturated carbocycles. The average molecular weight is 390 g/mol. The number of carbonyl (C=O) groups is 2. The molecule has 1 unspecified atom stereocenters. The Balaban J connectivity index is 1.96. The second kappa shape index (κ2) is 9.92. The van der Waals surface area contributed by atoms with Gasteiger partial charge in [0.1, 0.15) is 0 Å². The molecule has 6 heteroatoms. The zero-order valence-electron chi connectivity index (χ0n) is 17.6. The maximum atomic E-state index is 12.9. The number of hydrogen-bond acceptors (Lipinski definition) is 3. The first-order chi connectivity index (χ1) is 13.2. The summed E-state index contributed by atoms with van der Waals surface area (Å²) in [5.74, 6) is -0.796. The zero-order valence-corrected chi connectivity index (χ0v) is 17.6. The predicted molar refractivity (Wildman–Crippen MR) is 111 cm³/mol. The quantitative estimate of drug-likeness (QED) is 0.745. The van der Waals surface area contributed by atoms with Gasteiger partial charge >= 0.3 is 12.0 Å². The molecular formula is C22H35N3O3. The van der Waals surface area contributed by atoms with Crippen molar-refractivity contribution in [3.63, 3.8) is 0 Å². The summed E-state index contributed by atoms with van der Waals surface area (Å²) in [6.07, 6.45) is 2.48. The Hall–Kier alpha value is -2.08. The van der Waals surface area contributed by atoms with Crippen molar-refractivity contribution in [1.29, 1.82) is 0 Å². The summed E-state index contributed by atoms with van der Waals surface area (Å²) in [4.78, 5) is 27.8. The smallest absolute Gasteiger partial charge is 0.317 e. The van der Waals surface area contributed by atoms with E-state index >= 15 is 0 Å². The van der Waals surface area contributed by atoms with Gasteiger partial charge in [-0.05, 0) is 36.8 Å². The molecule has 1 heterocycles. The highest BCUT2D eigenvalue weighted by molar-refractivity contribution is 5.75. The second-order valence-electron chi connectivity index (χ2n) is 8.85. The Labute approximate surface area is 168 Å². The van der Waals surface area contributed by atoms with Crippen LogP contribution in [0.5, 0.6) is 0 Å². The molecule has 1 aliphatic rings. The molecule has 6 nitrogen and oxygen atoms in total. The molecule has 28 heavy (non-hydrogen) atoms. The van der Waals surface area contributed by atoms with Crippen molar-refractivity contribution in [2.75, 3.05) is 26.2 Å². The third kappa shape index (κ3) is 6.82. The number of rotatable bonds is 7. The molecule has 0 aromatic heterocycles. The highest BCUT2D eigenvalue weighted by atomic mass is 16.4. The number of benzene rings is 1. The van der Waals surface area contributed by atoms with E-state index in [0.29, 0.717) is 19.6 Å². The Kier molecular flexibility index (Phi) is 7.87. The first-order valence-electron chi connectivity index (χ1n) is 10.3. The van der Waals surface area contributed by atoms with Crippen molar-refractivity contribution in [3.05, 3.63) is 35.9 Å². The largest absolute Gasteiger partial charge is 0.480 e. The lowest BCUT2D eigenvalue weighted by molar-refractivity contribution is -0.139. The summed E-state index contributed by atoms with van der Waals surface area (Å²) in [6.45, 7) is 10.6. The molecular weight excluding hydrogens is 354 g/mol. The molecule has 0 aliphatic carbocycles. The Morgan fingerprint density at radius 2 is 1.82 bits per heavy atom. The summed E-state index contributed by atoms with van der Waals surface area (Å²) in [5, 5.41) is 12.3. The molecule has 1 fully saturated rings. The van der Waals surface area contributed by atoms with Gasteiger partial charge in [-0.25, -0.2) is 4.79 Å². The number of likely N-dealkylation sites (N-methyl/N-ethyl adjacent to an activating group) is 1. The Morgan fingerprint density at radius 1 is 1.21 bits per heavy atom. The average Bonchev–Trinajstić information content (AvgIpc) is 2.65. The highest BCUT2D eigenvalue weighted by Crippen LogP contribution is 2.29. The lowest BCUT2D eigenvalue weighted by Gasteiger charge is -2.38. The second-order valence-corrected chi connectivity index (χ2v) is 8.85. The monoisotopic (exact) mass is 389 g/mol. The van der Waals surface area contributed by atoms with Crippen LogP contribution in [0.1, 0.15) is 58.6 Å². The van der Waals surface area contributed by atoms with E-state index in [1.807, 2.05) is 34.9 Å². The number of nitrogens with one attached hydrogen (secondary N) is 1. The summed E-state index contributed by atoms with van der Waals surface area (Å²) >= 11 is 0. The van der Waals surface area contributed by atoms with Crippen molar-refractivity contribution in [3.8, 4) is 0 Å². The van der Waals surface area contributed by atoms with Gasteiger partial charge < -0.3 is 15.3 Å². The van der Waals surface area contributed by atoms with Gasteiger partial charge in [-0.15, -0.1) is 0 Å². The van der Waals surface area contributed by atoms with E-state index in [-0.39, 0.29) is 30.1 Å². The van der Waals surface area contributed by atoms with Crippen molar-refractivity contribution in [2.45, 2.75) is 59.0 Å². The molecule has 1 aromatic rings. The topological polar surface area (TPSA) is 72.9 Å². The van der Waals surface area contributed by atoms with Crippen molar-refractivity contribution < 1.29 is 14.7 Å². The highest BCUT2D eigenvalue weighted by Gasteiger charge is 2.29. The molecule has 156 valence electrons. The first-order valence-corrected chi connectivity index (χ1v) is 10.3. The number of carbonyl (C=O) groups excluding carboxylic acids is 1. The number of carboxylic acid groups (broad SMARTS) is 1. The zero-order chi connectivity index (χ0) is 20.7. The minimum Gasteiger partial charge on any atom is -0.480 e. The number of piperidine rings is 1. The van der Waals surface area contributed by atoms with E-state index < -0.39 is 5.97 Å². The van der Waals surface area contributed by atoms with Crippen LogP contribution in [0, 0.1) is 5.41 Å². The minimum absolute atomic E-state index is 0.0226. The summed E-state index contributed by atoms with van der Waals surface area (Å²) in [5.41, 5.74) is 1.22. The number of hydrogen-bond donors (Lipinski definition) is 2. The van der Waals surface area contributed by atoms with E-state index in [2.05, 4.69) is 38.2 Å². The molecule has 2 N–H and O–H groups in total. The number of aliphatic carboxylic acids is 1. The van der Waals surface area contributed by atoms with Gasteiger partial charge in [0.15, 0.2) is 0 Å². The van der Waals surface area contributed by atoms with Gasteiger partial charge in [-0.2, -0.15) is 0 Å². The summed E-state index contributed by atoms with van der Waals surface area (Å²) < 4.78 is 0. The van der Waals surface area contributed by atoms with Crippen LogP contribution >= 0.6 is 0 Å². The SMILES string of the molecule is CCN(CC(=O)O)C1CCN(C(=O)NC(CC(C)(C)C)c2ccccc2)CC1. The predicted octanol–water partition coefficient (Wildman–Crippen LogP) is 3.74. The van der Waals surface area contributed by atoms with E-state index in [0.717, 1.165) is 24.8 Å². The first kappa shape index (κ1) is 22.2. The van der Waals surface area contributed by atoms with Gasteiger partial charge in [0, 0.05) is 19.1 Å². The van der Waals surface area contributed by atoms with E-state index in [1.165, 1.54) is 0 Å². The molecule has 1 saturated heterocycles. The lowest BCUT2D eigenvalue weighted by atomic mass is 9.85. The lowest BCUT2D eigenvalue weighted by Crippen LogP contribution is -2.51. The number of carboxylic acids is 1. The van der Waals surface area contributed by atoms with Gasteiger partial charge in [-0.1, -0.05) is 58.0 Å². The standard InChI is InChI=1S/C22H35N3O3/c1-5-24(16-20(26)27)18-11-13-25(14-12-18)21(28)23-19(15-22(2,3)4)17-9-7-6-8-10-17/h6-10,18-19H,5,11-16H2,1-4H3,(H,23,28)(H,26,27). The Bertz CT molecular complexity index is 634. The molecule has 2 amide bonds. The fourth-order valence-electron chi connectivity index (χ4n) is 3.90. The molecule has 1 aromatic carbocycles. The van der Waals surface area contributed by atoms with Crippen LogP contribution in [0.25, 0.3) is 0 Å². The molecule has 0 radical (unpaired) electrons. The van der Waals surface area contributed by atoms with Crippen LogP contribution in [0.3, 0.4) is 0 Å². The van der Waals surface area contributed by atoms with E-state index in [4.69, 9.17) is 5.11 Å².